The summed E-state index contributed by atoms with van der Waals surface area (Å²) in [7, 11) is 0. The Hall–Kier alpha value is -2.90. The van der Waals surface area contributed by atoms with Crippen LogP contribution in [0.25, 0.3) is 5.65 Å². The van der Waals surface area contributed by atoms with Gasteiger partial charge in [-0.25, -0.2) is 0 Å². The summed E-state index contributed by atoms with van der Waals surface area (Å²) in [6, 6.07) is 4.03. The van der Waals surface area contributed by atoms with Gasteiger partial charge in [0.25, 0.3) is 0 Å². The summed E-state index contributed by atoms with van der Waals surface area (Å²) >= 11 is 0. The van der Waals surface area contributed by atoms with Crippen LogP contribution in [0.2, 0.25) is 0 Å². The highest BCUT2D eigenvalue weighted by atomic mass is 15.3. The molecule has 1 fully saturated rings. The van der Waals surface area contributed by atoms with Gasteiger partial charge < -0.3 is 15.5 Å². The van der Waals surface area contributed by atoms with Gasteiger partial charge >= 0.3 is 0 Å². The van der Waals surface area contributed by atoms with Crippen molar-refractivity contribution in [3.63, 3.8) is 0 Å². The Morgan fingerprint density at radius 1 is 1.12 bits per heavy atom. The molecule has 3 aromatic rings. The average molecular weight is 324 g/mol. The van der Waals surface area contributed by atoms with Gasteiger partial charge in [0, 0.05) is 50.3 Å². The van der Waals surface area contributed by atoms with Crippen LogP contribution in [-0.4, -0.2) is 50.7 Å². The van der Waals surface area contributed by atoms with Gasteiger partial charge in [-0.15, -0.1) is 10.2 Å². The molecule has 8 nitrogen and oxygen atoms in total. The zero-order chi connectivity index (χ0) is 16.5. The van der Waals surface area contributed by atoms with Crippen LogP contribution in [0.3, 0.4) is 0 Å². The minimum Gasteiger partial charge on any atom is -0.369 e. The standard InChI is InChI=1S/C16H20N8/c1-12-10-18-4-3-13(12)22-5-2-6-23(8-7-22)14-9-15-21-19-11-24(15)16(17)20-14/h3-4,9-11H,2,5-8H2,1H3,(H2,17,20). The molecule has 8 heteroatoms. The Kier molecular flexibility index (Phi) is 3.64. The number of hydrogen-bond acceptors (Lipinski definition) is 7. The fraction of sp³-hybridized carbons (Fsp3) is 0.375. The SMILES string of the molecule is Cc1cnccc1N1CCCN(c2cc3nncn3c(N)n2)CC1. The first-order valence-electron chi connectivity index (χ1n) is 8.09. The molecule has 1 aliphatic rings. The minimum atomic E-state index is 0.415. The molecule has 1 saturated heterocycles. The summed E-state index contributed by atoms with van der Waals surface area (Å²) in [5, 5.41) is 7.97. The highest BCUT2D eigenvalue weighted by Crippen LogP contribution is 2.22. The molecule has 0 unspecified atom stereocenters. The fourth-order valence-corrected chi connectivity index (χ4v) is 3.21. The van der Waals surface area contributed by atoms with Crippen molar-refractivity contribution >= 4 is 23.1 Å². The number of rotatable bonds is 2. The molecule has 0 amide bonds. The van der Waals surface area contributed by atoms with Crippen molar-refractivity contribution in [2.45, 2.75) is 13.3 Å². The largest absolute Gasteiger partial charge is 0.369 e. The summed E-state index contributed by atoms with van der Waals surface area (Å²) in [4.78, 5) is 13.4. The predicted octanol–water partition coefficient (Wildman–Crippen LogP) is 1.13. The summed E-state index contributed by atoms with van der Waals surface area (Å²) in [6.45, 7) is 5.89. The molecule has 0 bridgehead atoms. The molecule has 0 aliphatic carbocycles. The highest BCUT2D eigenvalue weighted by molar-refractivity contribution is 5.56. The van der Waals surface area contributed by atoms with Crippen LogP contribution >= 0.6 is 0 Å². The number of nitrogens with two attached hydrogens (primary N) is 1. The second-order valence-corrected chi connectivity index (χ2v) is 6.02. The monoisotopic (exact) mass is 324 g/mol. The van der Waals surface area contributed by atoms with Crippen LogP contribution in [0, 0.1) is 6.92 Å². The van der Waals surface area contributed by atoms with E-state index in [1.807, 2.05) is 18.5 Å². The van der Waals surface area contributed by atoms with Crippen molar-refractivity contribution in [2.75, 3.05) is 41.7 Å². The van der Waals surface area contributed by atoms with Crippen LogP contribution in [0.15, 0.2) is 30.9 Å². The number of nitrogens with zero attached hydrogens (tertiary/aromatic N) is 7. The van der Waals surface area contributed by atoms with Gasteiger partial charge in [-0.2, -0.15) is 4.98 Å². The molecule has 2 N–H and O–H groups in total. The van der Waals surface area contributed by atoms with E-state index in [0.29, 0.717) is 5.95 Å². The van der Waals surface area contributed by atoms with E-state index in [-0.39, 0.29) is 0 Å². The lowest BCUT2D eigenvalue weighted by atomic mass is 10.2. The van der Waals surface area contributed by atoms with E-state index in [9.17, 15) is 0 Å². The molecular weight excluding hydrogens is 304 g/mol. The zero-order valence-electron chi connectivity index (χ0n) is 13.6. The van der Waals surface area contributed by atoms with Gasteiger partial charge in [0.1, 0.15) is 12.1 Å². The van der Waals surface area contributed by atoms with Crippen LogP contribution in [0.4, 0.5) is 17.5 Å². The highest BCUT2D eigenvalue weighted by Gasteiger charge is 2.18. The maximum Gasteiger partial charge on any atom is 0.209 e. The van der Waals surface area contributed by atoms with Gasteiger partial charge in [0.15, 0.2) is 5.65 Å². The number of pyridine rings is 1. The number of anilines is 3. The van der Waals surface area contributed by atoms with Crippen LogP contribution < -0.4 is 15.5 Å². The molecule has 124 valence electrons. The average Bonchev–Trinajstić information content (AvgIpc) is 2.93. The van der Waals surface area contributed by atoms with E-state index in [1.165, 1.54) is 11.3 Å². The maximum absolute atomic E-state index is 6.01. The number of fused-ring (bicyclic) bond motifs is 1. The molecule has 1 aliphatic heterocycles. The summed E-state index contributed by atoms with van der Waals surface area (Å²) in [6.07, 6.45) is 6.41. The van der Waals surface area contributed by atoms with E-state index in [4.69, 9.17) is 5.73 Å². The second-order valence-electron chi connectivity index (χ2n) is 6.02. The fourth-order valence-electron chi connectivity index (χ4n) is 3.21. The van der Waals surface area contributed by atoms with Gasteiger partial charge in [0.05, 0.1) is 0 Å². The smallest absolute Gasteiger partial charge is 0.209 e. The van der Waals surface area contributed by atoms with Gasteiger partial charge in [0.2, 0.25) is 5.95 Å². The van der Waals surface area contributed by atoms with E-state index in [0.717, 1.165) is 44.1 Å². The normalized spacial score (nSPS) is 15.7. The number of nitrogen functional groups attached to an aromatic ring is 1. The van der Waals surface area contributed by atoms with Gasteiger partial charge in [-0.3, -0.25) is 9.38 Å². The number of aromatic nitrogens is 5. The molecule has 0 radical (unpaired) electrons. The van der Waals surface area contributed by atoms with Crippen LogP contribution in [-0.2, 0) is 0 Å². The first-order chi connectivity index (χ1) is 11.7. The third-order valence-corrected chi connectivity index (χ3v) is 4.46. The molecule has 4 heterocycles. The molecular formula is C16H20N8. The topological polar surface area (TPSA) is 88.5 Å². The lowest BCUT2D eigenvalue weighted by Gasteiger charge is -2.25. The van der Waals surface area contributed by atoms with Crippen molar-refractivity contribution in [3.8, 4) is 0 Å². The Morgan fingerprint density at radius 3 is 2.83 bits per heavy atom. The molecule has 4 rings (SSSR count). The molecule has 3 aromatic heterocycles. The minimum absolute atomic E-state index is 0.415. The van der Waals surface area contributed by atoms with E-state index in [1.54, 1.807) is 10.7 Å². The van der Waals surface area contributed by atoms with Crippen molar-refractivity contribution in [3.05, 3.63) is 36.4 Å². The van der Waals surface area contributed by atoms with Crippen LogP contribution in [0.1, 0.15) is 12.0 Å². The van der Waals surface area contributed by atoms with Crippen molar-refractivity contribution in [1.29, 1.82) is 0 Å². The third kappa shape index (κ3) is 2.60. The first-order valence-corrected chi connectivity index (χ1v) is 8.09. The molecule has 0 saturated carbocycles. The summed E-state index contributed by atoms with van der Waals surface area (Å²) in [5.74, 6) is 1.28. The van der Waals surface area contributed by atoms with Gasteiger partial charge in [-0.05, 0) is 25.0 Å². The Labute approximate surface area is 139 Å². The molecule has 0 atom stereocenters. The Morgan fingerprint density at radius 2 is 1.96 bits per heavy atom. The van der Waals surface area contributed by atoms with Crippen LogP contribution in [0.5, 0.6) is 0 Å². The lowest BCUT2D eigenvalue weighted by molar-refractivity contribution is 0.796. The van der Waals surface area contributed by atoms with E-state index < -0.39 is 0 Å². The summed E-state index contributed by atoms with van der Waals surface area (Å²) in [5.41, 5.74) is 9.20. The Balaban J connectivity index is 1.57. The van der Waals surface area contributed by atoms with Gasteiger partial charge in [-0.1, -0.05) is 0 Å². The van der Waals surface area contributed by atoms with E-state index >= 15 is 0 Å². The zero-order valence-corrected chi connectivity index (χ0v) is 13.6. The second kappa shape index (κ2) is 5.95. The summed E-state index contributed by atoms with van der Waals surface area (Å²) < 4.78 is 1.69. The number of aryl methyl sites for hydroxylation is 1. The number of hydrogen-bond donors (Lipinski definition) is 1. The van der Waals surface area contributed by atoms with Crippen molar-refractivity contribution in [2.24, 2.45) is 0 Å². The van der Waals surface area contributed by atoms with Crippen molar-refractivity contribution in [1.82, 2.24) is 24.6 Å². The molecule has 0 aromatic carbocycles. The first kappa shape index (κ1) is 14.7. The molecule has 24 heavy (non-hydrogen) atoms. The predicted molar refractivity (Wildman–Crippen MR) is 93.2 cm³/mol. The Bertz CT molecular complexity index is 858. The third-order valence-electron chi connectivity index (χ3n) is 4.46. The quantitative estimate of drug-likeness (QED) is 0.756. The lowest BCUT2D eigenvalue weighted by Crippen LogP contribution is -2.31. The van der Waals surface area contributed by atoms with Crippen molar-refractivity contribution < 1.29 is 0 Å². The molecule has 0 spiro atoms. The maximum atomic E-state index is 6.01. The van der Waals surface area contributed by atoms with E-state index in [2.05, 4.69) is 43.0 Å².